The van der Waals surface area contributed by atoms with Crippen LogP contribution in [0.5, 0.6) is 0 Å². The molecule has 2 aromatic heterocycles. The van der Waals surface area contributed by atoms with Crippen LogP contribution in [-0.4, -0.2) is 47.3 Å². The van der Waals surface area contributed by atoms with E-state index in [0.717, 1.165) is 33.8 Å². The highest BCUT2D eigenvalue weighted by molar-refractivity contribution is 7.18. The Morgan fingerprint density at radius 2 is 2.00 bits per heavy atom. The highest BCUT2D eigenvalue weighted by atomic mass is 32.1. The normalized spacial score (nSPS) is 11.0. The monoisotopic (exact) mass is 414 g/mol. The summed E-state index contributed by atoms with van der Waals surface area (Å²) in [6.45, 7) is 5.70. The number of benzene rings is 1. The highest BCUT2D eigenvalue weighted by Gasteiger charge is 2.10. The lowest BCUT2D eigenvalue weighted by molar-refractivity contribution is 0.0838. The van der Waals surface area contributed by atoms with E-state index >= 15 is 0 Å². The van der Waals surface area contributed by atoms with Crippen LogP contribution in [0.4, 0.5) is 5.82 Å². The van der Waals surface area contributed by atoms with Crippen molar-refractivity contribution < 1.29 is 14.6 Å². The smallest absolute Gasteiger partial charge is 0.251 e. The van der Waals surface area contributed by atoms with Gasteiger partial charge in [0.25, 0.3) is 5.91 Å². The van der Waals surface area contributed by atoms with E-state index in [9.17, 15) is 4.79 Å². The molecule has 0 unspecified atom stereocenters. The summed E-state index contributed by atoms with van der Waals surface area (Å²) < 4.78 is 5.13. The fourth-order valence-electron chi connectivity index (χ4n) is 2.85. The van der Waals surface area contributed by atoms with Gasteiger partial charge in [-0.05, 0) is 37.1 Å². The first kappa shape index (κ1) is 21.2. The number of nitrogens with zero attached hydrogens (tertiary/aromatic N) is 2. The number of anilines is 1. The molecule has 0 atom stereocenters. The van der Waals surface area contributed by atoms with Crippen LogP contribution in [-0.2, 0) is 17.7 Å². The van der Waals surface area contributed by atoms with Gasteiger partial charge in [0.1, 0.15) is 16.5 Å². The van der Waals surface area contributed by atoms with E-state index in [0.29, 0.717) is 25.3 Å². The van der Waals surface area contributed by atoms with Crippen molar-refractivity contribution in [1.82, 2.24) is 15.3 Å². The molecular formula is C21H26N4O3S. The minimum atomic E-state index is -0.143. The standard InChI is InChI=1S/C21H26N4O3S/c1-3-17-12-18-19(24-14(2)25-21(18)29-17)23-13-15-4-6-16(7-5-15)20(27)22-8-10-28-11-9-26/h4-7,12,26H,3,8-11,13H2,1-2H3,(H,22,27)(H,23,24,25). The molecule has 1 amide bonds. The molecule has 0 fully saturated rings. The number of carbonyl (C=O) groups excluding carboxylic acids is 1. The minimum Gasteiger partial charge on any atom is -0.394 e. The molecule has 0 saturated carbocycles. The van der Waals surface area contributed by atoms with Crippen LogP contribution in [0.3, 0.4) is 0 Å². The first-order valence-corrected chi connectivity index (χ1v) is 10.5. The summed E-state index contributed by atoms with van der Waals surface area (Å²) in [6, 6.07) is 9.63. The Balaban J connectivity index is 1.58. The molecule has 0 aliphatic rings. The molecule has 8 heteroatoms. The fourth-order valence-corrected chi connectivity index (χ4v) is 3.86. The van der Waals surface area contributed by atoms with Gasteiger partial charge in [-0.1, -0.05) is 19.1 Å². The average Bonchev–Trinajstić information content (AvgIpc) is 3.15. The van der Waals surface area contributed by atoms with Crippen molar-refractivity contribution in [2.24, 2.45) is 0 Å². The van der Waals surface area contributed by atoms with Crippen LogP contribution in [0.1, 0.15) is 33.5 Å². The number of hydrogen-bond acceptors (Lipinski definition) is 7. The van der Waals surface area contributed by atoms with Gasteiger partial charge in [0.15, 0.2) is 0 Å². The van der Waals surface area contributed by atoms with Gasteiger partial charge in [-0.15, -0.1) is 11.3 Å². The number of hydrogen-bond donors (Lipinski definition) is 3. The number of ether oxygens (including phenoxy) is 1. The number of rotatable bonds is 10. The van der Waals surface area contributed by atoms with Crippen LogP contribution in [0.2, 0.25) is 0 Å². The van der Waals surface area contributed by atoms with Crippen LogP contribution < -0.4 is 10.6 Å². The van der Waals surface area contributed by atoms with Gasteiger partial charge < -0.3 is 20.5 Å². The zero-order chi connectivity index (χ0) is 20.6. The fraction of sp³-hybridized carbons (Fsp3) is 0.381. The second-order valence-electron chi connectivity index (χ2n) is 6.55. The summed E-state index contributed by atoms with van der Waals surface area (Å²) in [5.41, 5.74) is 1.66. The second kappa shape index (κ2) is 10.3. The Kier molecular flexibility index (Phi) is 7.51. The zero-order valence-electron chi connectivity index (χ0n) is 16.7. The van der Waals surface area contributed by atoms with Crippen molar-refractivity contribution >= 4 is 33.3 Å². The Hall–Kier alpha value is -2.55. The molecule has 0 aliphatic carbocycles. The number of amides is 1. The van der Waals surface area contributed by atoms with Crippen LogP contribution in [0.25, 0.3) is 10.2 Å². The maximum absolute atomic E-state index is 12.1. The number of aliphatic hydroxyl groups is 1. The van der Waals surface area contributed by atoms with Gasteiger partial charge in [0, 0.05) is 23.5 Å². The lowest BCUT2D eigenvalue weighted by Crippen LogP contribution is -2.27. The minimum absolute atomic E-state index is 0.0181. The zero-order valence-corrected chi connectivity index (χ0v) is 17.5. The number of thiophene rings is 1. The molecule has 0 bridgehead atoms. The SMILES string of the molecule is CCc1cc2c(NCc3ccc(C(=O)NCCOCCO)cc3)nc(C)nc2s1. The largest absolute Gasteiger partial charge is 0.394 e. The highest BCUT2D eigenvalue weighted by Crippen LogP contribution is 2.29. The first-order chi connectivity index (χ1) is 14.1. The number of fused-ring (bicyclic) bond motifs is 1. The second-order valence-corrected chi connectivity index (χ2v) is 7.66. The molecule has 154 valence electrons. The maximum Gasteiger partial charge on any atom is 0.251 e. The molecule has 2 heterocycles. The van der Waals surface area contributed by atoms with Gasteiger partial charge >= 0.3 is 0 Å². The number of carbonyl (C=O) groups is 1. The van der Waals surface area contributed by atoms with Gasteiger partial charge in [0.05, 0.1) is 25.2 Å². The Bertz CT molecular complexity index is 956. The molecule has 3 rings (SSSR count). The lowest BCUT2D eigenvalue weighted by atomic mass is 10.1. The summed E-state index contributed by atoms with van der Waals surface area (Å²) >= 11 is 1.71. The summed E-state index contributed by atoms with van der Waals surface area (Å²) in [6.07, 6.45) is 0.983. The molecule has 0 aliphatic heterocycles. The molecule has 0 spiro atoms. The number of aromatic nitrogens is 2. The Morgan fingerprint density at radius 1 is 1.21 bits per heavy atom. The first-order valence-electron chi connectivity index (χ1n) is 9.67. The van der Waals surface area contributed by atoms with Crippen LogP contribution in [0, 0.1) is 6.92 Å². The predicted octanol–water partition coefficient (Wildman–Crippen LogP) is 2.91. The van der Waals surface area contributed by atoms with Crippen molar-refractivity contribution in [1.29, 1.82) is 0 Å². The average molecular weight is 415 g/mol. The Labute approximate surface area is 174 Å². The van der Waals surface area contributed by atoms with Gasteiger partial charge in [-0.3, -0.25) is 4.79 Å². The van der Waals surface area contributed by atoms with Crippen molar-refractivity contribution in [2.75, 3.05) is 31.7 Å². The van der Waals surface area contributed by atoms with E-state index in [-0.39, 0.29) is 19.1 Å². The predicted molar refractivity (Wildman–Crippen MR) is 116 cm³/mol. The molecule has 29 heavy (non-hydrogen) atoms. The van der Waals surface area contributed by atoms with Crippen LogP contribution >= 0.6 is 11.3 Å². The molecule has 7 nitrogen and oxygen atoms in total. The van der Waals surface area contributed by atoms with Crippen molar-refractivity contribution in [3.8, 4) is 0 Å². The van der Waals surface area contributed by atoms with Gasteiger partial charge in [0.2, 0.25) is 0 Å². The third-order valence-electron chi connectivity index (χ3n) is 4.35. The van der Waals surface area contributed by atoms with E-state index < -0.39 is 0 Å². The Morgan fingerprint density at radius 3 is 2.72 bits per heavy atom. The van der Waals surface area contributed by atoms with Crippen molar-refractivity contribution in [3.05, 3.63) is 52.2 Å². The number of aryl methyl sites for hydroxylation is 2. The third-order valence-corrected chi connectivity index (χ3v) is 5.52. The van der Waals surface area contributed by atoms with Crippen LogP contribution in [0.15, 0.2) is 30.3 Å². The molecule has 0 saturated heterocycles. The van der Waals surface area contributed by atoms with Crippen molar-refractivity contribution in [3.63, 3.8) is 0 Å². The molecule has 3 aromatic rings. The van der Waals surface area contributed by atoms with E-state index in [1.54, 1.807) is 11.3 Å². The third kappa shape index (κ3) is 5.72. The quantitative estimate of drug-likeness (QED) is 0.442. The molecular weight excluding hydrogens is 388 g/mol. The van der Waals surface area contributed by atoms with E-state index in [1.807, 2.05) is 31.2 Å². The van der Waals surface area contributed by atoms with E-state index in [2.05, 4.69) is 33.6 Å². The maximum atomic E-state index is 12.1. The summed E-state index contributed by atoms with van der Waals surface area (Å²) in [7, 11) is 0. The van der Waals surface area contributed by atoms with E-state index in [4.69, 9.17) is 9.84 Å². The number of aliphatic hydroxyl groups excluding tert-OH is 1. The topological polar surface area (TPSA) is 96.4 Å². The lowest BCUT2D eigenvalue weighted by Gasteiger charge is -2.09. The van der Waals surface area contributed by atoms with E-state index in [1.165, 1.54) is 4.88 Å². The number of nitrogens with one attached hydrogen (secondary N) is 2. The van der Waals surface area contributed by atoms with Gasteiger partial charge in [-0.25, -0.2) is 9.97 Å². The molecule has 3 N–H and O–H groups in total. The summed E-state index contributed by atoms with van der Waals surface area (Å²) in [5.74, 6) is 1.45. The summed E-state index contributed by atoms with van der Waals surface area (Å²) in [4.78, 5) is 23.5. The van der Waals surface area contributed by atoms with Crippen molar-refractivity contribution in [2.45, 2.75) is 26.8 Å². The summed E-state index contributed by atoms with van der Waals surface area (Å²) in [5, 5.41) is 15.9. The molecule has 0 radical (unpaired) electrons. The molecule has 1 aromatic carbocycles. The van der Waals surface area contributed by atoms with Gasteiger partial charge in [-0.2, -0.15) is 0 Å².